The second-order valence-corrected chi connectivity index (χ2v) is 9.08. The summed E-state index contributed by atoms with van der Waals surface area (Å²) in [6, 6.07) is 30.3. The summed E-state index contributed by atoms with van der Waals surface area (Å²) < 4.78 is 8.59. The molecule has 2 nitrogen and oxygen atoms in total. The summed E-state index contributed by atoms with van der Waals surface area (Å²) in [7, 11) is 0. The number of benzene rings is 4. The Kier molecular flexibility index (Phi) is 3.47. The van der Waals surface area contributed by atoms with Crippen molar-refractivity contribution in [1.82, 2.24) is 4.57 Å². The van der Waals surface area contributed by atoms with Crippen molar-refractivity contribution >= 4 is 43.7 Å². The quantitative estimate of drug-likeness (QED) is 0.279. The van der Waals surface area contributed by atoms with E-state index in [0.29, 0.717) is 0 Å². The zero-order valence-corrected chi connectivity index (χ0v) is 17.4. The maximum absolute atomic E-state index is 6.20. The molecule has 0 atom stereocenters. The second-order valence-electron chi connectivity index (χ2n) is 9.08. The molecule has 6 aromatic rings. The minimum Gasteiger partial charge on any atom is -0.456 e. The molecule has 2 heteroatoms. The first-order valence-electron chi connectivity index (χ1n) is 10.5. The highest BCUT2D eigenvalue weighted by molar-refractivity contribution is 6.24. The molecule has 0 aliphatic rings. The van der Waals surface area contributed by atoms with E-state index in [2.05, 4.69) is 98.1 Å². The van der Waals surface area contributed by atoms with Gasteiger partial charge in [-0.1, -0.05) is 69.3 Å². The molecule has 0 radical (unpaired) electrons. The van der Waals surface area contributed by atoms with Gasteiger partial charge >= 0.3 is 0 Å². The topological polar surface area (TPSA) is 18.1 Å². The first kappa shape index (κ1) is 17.3. The zero-order chi connectivity index (χ0) is 20.5. The summed E-state index contributed by atoms with van der Waals surface area (Å²) in [5.74, 6) is 0. The fourth-order valence-corrected chi connectivity index (χ4v) is 4.64. The highest BCUT2D eigenvalue weighted by Gasteiger charge is 2.19. The van der Waals surface area contributed by atoms with Crippen molar-refractivity contribution in [3.63, 3.8) is 0 Å². The minimum absolute atomic E-state index is 0.132. The van der Waals surface area contributed by atoms with Crippen LogP contribution in [0.25, 0.3) is 49.4 Å². The van der Waals surface area contributed by atoms with E-state index in [-0.39, 0.29) is 5.41 Å². The Morgan fingerprint density at radius 2 is 1.33 bits per heavy atom. The zero-order valence-electron chi connectivity index (χ0n) is 17.4. The second kappa shape index (κ2) is 5.99. The first-order valence-corrected chi connectivity index (χ1v) is 10.5. The summed E-state index contributed by atoms with van der Waals surface area (Å²) in [5, 5.41) is 4.86. The predicted molar refractivity (Wildman–Crippen MR) is 127 cm³/mol. The largest absolute Gasteiger partial charge is 0.456 e. The molecule has 0 unspecified atom stereocenters. The molecule has 0 aliphatic heterocycles. The lowest BCUT2D eigenvalue weighted by Crippen LogP contribution is -2.10. The number of hydrogen-bond donors (Lipinski definition) is 0. The summed E-state index contributed by atoms with van der Waals surface area (Å²) in [6.45, 7) is 6.76. The molecule has 0 fully saturated rings. The Bertz CT molecular complexity index is 1560. The Labute approximate surface area is 175 Å². The maximum Gasteiger partial charge on any atom is 0.137 e. The average molecular weight is 389 g/mol. The first-order chi connectivity index (χ1) is 14.5. The summed E-state index contributed by atoms with van der Waals surface area (Å²) in [4.78, 5) is 0. The maximum atomic E-state index is 6.20. The Hall–Kier alpha value is -3.52. The number of para-hydroxylation sites is 2. The number of hydrogen-bond acceptors (Lipinski definition) is 1. The number of furan rings is 1. The smallest absolute Gasteiger partial charge is 0.137 e. The van der Waals surface area contributed by atoms with Crippen LogP contribution in [-0.4, -0.2) is 4.57 Å². The van der Waals surface area contributed by atoms with Crippen LogP contribution in [0.4, 0.5) is 0 Å². The summed E-state index contributed by atoms with van der Waals surface area (Å²) in [5.41, 5.74) is 6.93. The van der Waals surface area contributed by atoms with E-state index >= 15 is 0 Å². The molecular weight excluding hydrogens is 366 g/mol. The van der Waals surface area contributed by atoms with E-state index < -0.39 is 0 Å². The lowest BCUT2D eigenvalue weighted by molar-refractivity contribution is 0.590. The fraction of sp³-hybridized carbons (Fsp3) is 0.143. The molecule has 0 saturated carbocycles. The third-order valence-electron chi connectivity index (χ3n) is 6.17. The van der Waals surface area contributed by atoms with E-state index in [0.717, 1.165) is 16.6 Å². The van der Waals surface area contributed by atoms with E-state index in [1.54, 1.807) is 0 Å². The van der Waals surface area contributed by atoms with Crippen LogP contribution in [0.15, 0.2) is 89.3 Å². The normalized spacial score (nSPS) is 12.5. The number of aromatic nitrogens is 1. The van der Waals surface area contributed by atoms with Crippen LogP contribution in [0.3, 0.4) is 0 Å². The summed E-state index contributed by atoms with van der Waals surface area (Å²) in [6.07, 6.45) is 0. The van der Waals surface area contributed by atoms with Gasteiger partial charge in [-0.05, 0) is 47.4 Å². The molecule has 2 aromatic heterocycles. The lowest BCUT2D eigenvalue weighted by Gasteiger charge is -2.19. The van der Waals surface area contributed by atoms with Gasteiger partial charge < -0.3 is 8.98 Å². The Morgan fingerprint density at radius 1 is 0.633 bits per heavy atom. The molecule has 0 aliphatic carbocycles. The molecule has 4 aromatic carbocycles. The van der Waals surface area contributed by atoms with Crippen LogP contribution < -0.4 is 0 Å². The van der Waals surface area contributed by atoms with Gasteiger partial charge in [-0.3, -0.25) is 0 Å². The van der Waals surface area contributed by atoms with Gasteiger partial charge in [0.1, 0.15) is 11.2 Å². The van der Waals surface area contributed by atoms with Crippen LogP contribution in [0.1, 0.15) is 26.3 Å². The van der Waals surface area contributed by atoms with Crippen molar-refractivity contribution < 1.29 is 4.42 Å². The summed E-state index contributed by atoms with van der Waals surface area (Å²) >= 11 is 0. The molecule has 0 bridgehead atoms. The lowest BCUT2D eigenvalue weighted by atomic mass is 9.87. The minimum atomic E-state index is 0.132. The van der Waals surface area contributed by atoms with Gasteiger partial charge in [-0.25, -0.2) is 0 Å². The van der Waals surface area contributed by atoms with Crippen LogP contribution in [-0.2, 0) is 5.41 Å². The SMILES string of the molecule is CC(C)(C)c1ccc(-n2c3ccccc3c3ccc4oc5ccccc5c4c32)cc1. The monoisotopic (exact) mass is 389 g/mol. The van der Waals surface area contributed by atoms with Crippen molar-refractivity contribution in [3.8, 4) is 5.69 Å². The molecule has 2 heterocycles. The number of fused-ring (bicyclic) bond motifs is 7. The molecule has 0 spiro atoms. The van der Waals surface area contributed by atoms with Crippen LogP contribution in [0.5, 0.6) is 0 Å². The van der Waals surface area contributed by atoms with Crippen molar-refractivity contribution in [1.29, 1.82) is 0 Å². The van der Waals surface area contributed by atoms with Gasteiger partial charge in [0.25, 0.3) is 0 Å². The fourth-order valence-electron chi connectivity index (χ4n) is 4.64. The Balaban J connectivity index is 1.79. The van der Waals surface area contributed by atoms with E-state index in [4.69, 9.17) is 4.42 Å². The van der Waals surface area contributed by atoms with E-state index in [9.17, 15) is 0 Å². The van der Waals surface area contributed by atoms with E-state index in [1.807, 2.05) is 12.1 Å². The third-order valence-corrected chi connectivity index (χ3v) is 6.17. The molecule has 0 saturated heterocycles. The Morgan fingerprint density at radius 3 is 2.10 bits per heavy atom. The molecular formula is C28H23NO. The molecule has 30 heavy (non-hydrogen) atoms. The van der Waals surface area contributed by atoms with Crippen LogP contribution in [0, 0.1) is 0 Å². The van der Waals surface area contributed by atoms with Crippen molar-refractivity contribution in [2.75, 3.05) is 0 Å². The third kappa shape index (κ3) is 2.37. The van der Waals surface area contributed by atoms with Gasteiger partial charge in [-0.15, -0.1) is 0 Å². The molecule has 146 valence electrons. The highest BCUT2D eigenvalue weighted by atomic mass is 16.3. The highest BCUT2D eigenvalue weighted by Crippen LogP contribution is 2.40. The predicted octanol–water partition coefficient (Wildman–Crippen LogP) is 7.98. The van der Waals surface area contributed by atoms with Crippen molar-refractivity contribution in [2.45, 2.75) is 26.2 Å². The molecule has 0 amide bonds. The van der Waals surface area contributed by atoms with Gasteiger partial charge in [0.2, 0.25) is 0 Å². The average Bonchev–Trinajstić information content (AvgIpc) is 3.28. The molecule has 6 rings (SSSR count). The van der Waals surface area contributed by atoms with E-state index in [1.165, 1.54) is 38.4 Å². The number of nitrogens with zero attached hydrogens (tertiary/aromatic N) is 1. The molecule has 0 N–H and O–H groups in total. The van der Waals surface area contributed by atoms with Gasteiger partial charge in [-0.2, -0.15) is 0 Å². The van der Waals surface area contributed by atoms with Gasteiger partial charge in [0.15, 0.2) is 0 Å². The number of rotatable bonds is 1. The van der Waals surface area contributed by atoms with Crippen molar-refractivity contribution in [2.24, 2.45) is 0 Å². The standard InChI is InChI=1S/C28H23NO/c1-28(2,3)18-12-14-19(15-13-18)29-23-10-6-4-8-20(23)21-16-17-25-26(27(21)29)22-9-5-7-11-24(22)30-25/h4-17H,1-3H3. The van der Waals surface area contributed by atoms with Crippen molar-refractivity contribution in [3.05, 3.63) is 90.5 Å². The van der Waals surface area contributed by atoms with Gasteiger partial charge in [0.05, 0.1) is 16.4 Å². The van der Waals surface area contributed by atoms with Crippen LogP contribution in [0.2, 0.25) is 0 Å². The van der Waals surface area contributed by atoms with Gasteiger partial charge in [0, 0.05) is 21.8 Å². The van der Waals surface area contributed by atoms with Crippen LogP contribution >= 0.6 is 0 Å².